The maximum Gasteiger partial charge on any atom is 0.338 e. The van der Waals surface area contributed by atoms with Crippen molar-refractivity contribution in [3.05, 3.63) is 46.9 Å². The molecule has 3 aliphatic rings. The second-order valence-electron chi connectivity index (χ2n) is 7.58. The summed E-state index contributed by atoms with van der Waals surface area (Å²) in [7, 11) is 0. The van der Waals surface area contributed by atoms with Gasteiger partial charge in [0, 0.05) is 38.2 Å². The number of carbonyl (C=O) groups is 2. The SMILES string of the molecule is CCOC(=O)C1=C(CN2CCC3(CC2)OCCO3)NC(=O)N[C@@H]1c1ccc(F)cc1. The number of halogens is 1. The molecule has 0 radical (unpaired) electrons. The number of nitrogens with one attached hydrogen (secondary N) is 2. The summed E-state index contributed by atoms with van der Waals surface area (Å²) in [6.07, 6.45) is 1.45. The molecule has 1 spiro atoms. The average Bonchev–Trinajstić information content (AvgIpc) is 3.18. The van der Waals surface area contributed by atoms with E-state index in [0.29, 0.717) is 49.7 Å². The first-order valence-corrected chi connectivity index (χ1v) is 10.2. The minimum atomic E-state index is -0.717. The number of amides is 2. The van der Waals surface area contributed by atoms with Crippen LogP contribution in [-0.4, -0.2) is 62.1 Å². The van der Waals surface area contributed by atoms with Crippen molar-refractivity contribution < 1.29 is 28.2 Å². The Morgan fingerprint density at radius 3 is 2.53 bits per heavy atom. The lowest BCUT2D eigenvalue weighted by Gasteiger charge is -2.39. The van der Waals surface area contributed by atoms with E-state index in [1.165, 1.54) is 12.1 Å². The van der Waals surface area contributed by atoms with E-state index < -0.39 is 23.8 Å². The Hall–Kier alpha value is -2.49. The highest BCUT2D eigenvalue weighted by atomic mass is 19.1. The zero-order valence-corrected chi connectivity index (χ0v) is 16.9. The van der Waals surface area contributed by atoms with Gasteiger partial charge in [0.05, 0.1) is 31.4 Å². The molecular weight excluding hydrogens is 393 g/mol. The third-order valence-corrected chi connectivity index (χ3v) is 5.67. The van der Waals surface area contributed by atoms with Crippen LogP contribution in [0.15, 0.2) is 35.5 Å². The van der Waals surface area contributed by atoms with Crippen molar-refractivity contribution in [3.8, 4) is 0 Å². The van der Waals surface area contributed by atoms with Gasteiger partial charge in [0.15, 0.2) is 5.79 Å². The first-order chi connectivity index (χ1) is 14.5. The van der Waals surface area contributed by atoms with Crippen molar-refractivity contribution in [1.29, 1.82) is 0 Å². The van der Waals surface area contributed by atoms with Gasteiger partial charge in [-0.05, 0) is 24.6 Å². The largest absolute Gasteiger partial charge is 0.463 e. The van der Waals surface area contributed by atoms with Crippen molar-refractivity contribution in [3.63, 3.8) is 0 Å². The van der Waals surface area contributed by atoms with Gasteiger partial charge in [-0.2, -0.15) is 0 Å². The van der Waals surface area contributed by atoms with E-state index in [1.807, 2.05) is 0 Å². The summed E-state index contributed by atoms with van der Waals surface area (Å²) in [5.41, 5.74) is 1.43. The third kappa shape index (κ3) is 4.33. The molecule has 1 aromatic carbocycles. The Bertz CT molecular complexity index is 826. The van der Waals surface area contributed by atoms with Crippen LogP contribution < -0.4 is 10.6 Å². The predicted octanol–water partition coefficient (Wildman–Crippen LogP) is 1.84. The smallest absolute Gasteiger partial charge is 0.338 e. The van der Waals surface area contributed by atoms with Crippen LogP contribution in [0.1, 0.15) is 31.4 Å². The van der Waals surface area contributed by atoms with Gasteiger partial charge in [0.1, 0.15) is 5.82 Å². The standard InChI is InChI=1S/C21H26FN3O5/c1-2-28-19(26)17-16(13-25-9-7-21(8-10-25)29-11-12-30-21)23-20(27)24-18(17)14-3-5-15(22)6-4-14/h3-6,18H,2,7-13H2,1H3,(H2,23,24,27)/t18-/m1/s1. The van der Waals surface area contributed by atoms with Crippen LogP contribution in [0, 0.1) is 5.82 Å². The first kappa shape index (κ1) is 20.8. The molecule has 9 heteroatoms. The Morgan fingerprint density at radius 1 is 1.23 bits per heavy atom. The molecule has 0 aromatic heterocycles. The third-order valence-electron chi connectivity index (χ3n) is 5.67. The summed E-state index contributed by atoms with van der Waals surface area (Å²) in [5, 5.41) is 5.53. The number of piperidine rings is 1. The van der Waals surface area contributed by atoms with Crippen LogP contribution in [0.3, 0.4) is 0 Å². The van der Waals surface area contributed by atoms with E-state index in [9.17, 15) is 14.0 Å². The van der Waals surface area contributed by atoms with Gasteiger partial charge in [-0.1, -0.05) is 12.1 Å². The van der Waals surface area contributed by atoms with Gasteiger partial charge in [0.2, 0.25) is 0 Å². The highest BCUT2D eigenvalue weighted by molar-refractivity contribution is 5.95. The van der Waals surface area contributed by atoms with Gasteiger partial charge in [-0.25, -0.2) is 14.0 Å². The molecule has 0 bridgehead atoms. The predicted molar refractivity (Wildman–Crippen MR) is 105 cm³/mol. The number of hydrogen-bond donors (Lipinski definition) is 2. The molecule has 0 unspecified atom stereocenters. The number of hydrogen-bond acceptors (Lipinski definition) is 6. The van der Waals surface area contributed by atoms with Crippen LogP contribution in [0.25, 0.3) is 0 Å². The Kier molecular flexibility index (Phi) is 6.03. The lowest BCUT2D eigenvalue weighted by atomic mass is 9.94. The minimum Gasteiger partial charge on any atom is -0.463 e. The van der Waals surface area contributed by atoms with Crippen molar-refractivity contribution >= 4 is 12.0 Å². The Balaban J connectivity index is 1.59. The van der Waals surface area contributed by atoms with Gasteiger partial charge in [-0.3, -0.25) is 4.90 Å². The maximum absolute atomic E-state index is 13.4. The molecule has 2 fully saturated rings. The van der Waals surface area contributed by atoms with E-state index in [-0.39, 0.29) is 12.4 Å². The molecule has 162 valence electrons. The number of carbonyl (C=O) groups excluding carboxylic acids is 2. The van der Waals surface area contributed by atoms with Crippen molar-refractivity contribution in [2.75, 3.05) is 39.5 Å². The molecule has 1 aromatic rings. The maximum atomic E-state index is 13.4. The summed E-state index contributed by atoms with van der Waals surface area (Å²) in [6, 6.07) is 4.59. The molecule has 8 nitrogen and oxygen atoms in total. The first-order valence-electron chi connectivity index (χ1n) is 10.2. The van der Waals surface area contributed by atoms with E-state index in [1.54, 1.807) is 19.1 Å². The van der Waals surface area contributed by atoms with Gasteiger partial charge in [0.25, 0.3) is 0 Å². The number of rotatable bonds is 5. The van der Waals surface area contributed by atoms with E-state index in [2.05, 4.69) is 15.5 Å². The number of ether oxygens (including phenoxy) is 3. The highest BCUT2D eigenvalue weighted by Crippen LogP contribution is 2.33. The molecule has 30 heavy (non-hydrogen) atoms. The highest BCUT2D eigenvalue weighted by Gasteiger charge is 2.41. The van der Waals surface area contributed by atoms with Crippen LogP contribution in [0.4, 0.5) is 9.18 Å². The molecule has 2 N–H and O–H groups in total. The molecule has 3 heterocycles. The Morgan fingerprint density at radius 2 is 1.90 bits per heavy atom. The van der Waals surface area contributed by atoms with Gasteiger partial charge in [-0.15, -0.1) is 0 Å². The zero-order valence-electron chi connectivity index (χ0n) is 16.9. The fourth-order valence-electron chi connectivity index (χ4n) is 4.16. The van der Waals surface area contributed by atoms with Crippen LogP contribution >= 0.6 is 0 Å². The quantitative estimate of drug-likeness (QED) is 0.708. The molecule has 0 aliphatic carbocycles. The Labute approximate surface area is 174 Å². The molecule has 2 amide bonds. The number of nitrogens with zero attached hydrogens (tertiary/aromatic N) is 1. The number of likely N-dealkylation sites (tertiary alicyclic amines) is 1. The normalized spacial score (nSPS) is 23.9. The van der Waals surface area contributed by atoms with Crippen molar-refractivity contribution in [2.45, 2.75) is 31.6 Å². The summed E-state index contributed by atoms with van der Waals surface area (Å²) >= 11 is 0. The lowest BCUT2D eigenvalue weighted by molar-refractivity contribution is -0.184. The average molecular weight is 419 g/mol. The van der Waals surface area contributed by atoms with E-state index in [0.717, 1.165) is 12.8 Å². The monoisotopic (exact) mass is 419 g/mol. The van der Waals surface area contributed by atoms with Crippen LogP contribution in [-0.2, 0) is 19.0 Å². The molecule has 3 aliphatic heterocycles. The second kappa shape index (κ2) is 8.71. The lowest BCUT2D eigenvalue weighted by Crippen LogP contribution is -2.51. The molecule has 4 rings (SSSR count). The minimum absolute atomic E-state index is 0.209. The molecule has 1 atom stereocenters. The number of urea groups is 1. The van der Waals surface area contributed by atoms with Crippen LogP contribution in [0.2, 0.25) is 0 Å². The summed E-state index contributed by atoms with van der Waals surface area (Å²) in [5.74, 6) is -1.40. The summed E-state index contributed by atoms with van der Waals surface area (Å²) < 4.78 is 30.2. The number of benzene rings is 1. The van der Waals surface area contributed by atoms with Crippen molar-refractivity contribution in [1.82, 2.24) is 15.5 Å². The summed E-state index contributed by atoms with van der Waals surface area (Å²) in [6.45, 7) is 4.97. The van der Waals surface area contributed by atoms with Gasteiger partial charge >= 0.3 is 12.0 Å². The molecular formula is C21H26FN3O5. The second-order valence-corrected chi connectivity index (χ2v) is 7.58. The van der Waals surface area contributed by atoms with Crippen molar-refractivity contribution in [2.24, 2.45) is 0 Å². The van der Waals surface area contributed by atoms with E-state index >= 15 is 0 Å². The summed E-state index contributed by atoms with van der Waals surface area (Å²) in [4.78, 5) is 27.3. The fraction of sp³-hybridized carbons (Fsp3) is 0.524. The molecule has 0 saturated carbocycles. The van der Waals surface area contributed by atoms with E-state index in [4.69, 9.17) is 14.2 Å². The van der Waals surface area contributed by atoms with Gasteiger partial charge < -0.3 is 24.8 Å². The topological polar surface area (TPSA) is 89.1 Å². The number of esters is 1. The zero-order chi connectivity index (χ0) is 21.1. The van der Waals surface area contributed by atoms with Crippen LogP contribution in [0.5, 0.6) is 0 Å². The molecule has 2 saturated heterocycles. The fourth-order valence-corrected chi connectivity index (χ4v) is 4.16.